The Morgan fingerprint density at radius 1 is 1.04 bits per heavy atom. The minimum Gasteiger partial charge on any atom is -0.297 e. The summed E-state index contributed by atoms with van der Waals surface area (Å²) in [6.45, 7) is 2.66. The van der Waals surface area contributed by atoms with Crippen LogP contribution in [0.2, 0.25) is 0 Å². The average molecular weight is 339 g/mol. The maximum absolute atomic E-state index is 13.9. The van der Waals surface area contributed by atoms with Crippen LogP contribution in [0.25, 0.3) is 10.9 Å². The van der Waals surface area contributed by atoms with E-state index >= 15 is 0 Å². The van der Waals surface area contributed by atoms with Crippen molar-refractivity contribution in [3.8, 4) is 0 Å². The molecule has 1 aromatic carbocycles. The Morgan fingerprint density at radius 2 is 1.84 bits per heavy atom. The van der Waals surface area contributed by atoms with Crippen LogP contribution in [0.1, 0.15) is 17.7 Å². The quantitative estimate of drug-likeness (QED) is 0.720. The SMILES string of the molecule is Fc1ccc2ccc(CN3CCC(Cc4ccncc4)C3)nc2c1F. The molecule has 0 bridgehead atoms. The van der Waals surface area contributed by atoms with Gasteiger partial charge in [-0.3, -0.25) is 9.88 Å². The molecule has 1 atom stereocenters. The number of halogens is 2. The third-order valence-electron chi connectivity index (χ3n) is 4.84. The number of aromatic nitrogens is 2. The summed E-state index contributed by atoms with van der Waals surface area (Å²) in [6, 6.07) is 10.5. The summed E-state index contributed by atoms with van der Waals surface area (Å²) in [5, 5.41) is 0.625. The summed E-state index contributed by atoms with van der Waals surface area (Å²) in [4.78, 5) is 10.7. The van der Waals surface area contributed by atoms with E-state index in [9.17, 15) is 8.78 Å². The van der Waals surface area contributed by atoms with Crippen LogP contribution in [-0.2, 0) is 13.0 Å². The van der Waals surface area contributed by atoms with Gasteiger partial charge in [0.2, 0.25) is 0 Å². The van der Waals surface area contributed by atoms with Crippen molar-refractivity contribution >= 4 is 10.9 Å². The second-order valence-electron chi connectivity index (χ2n) is 6.69. The number of fused-ring (bicyclic) bond motifs is 1. The van der Waals surface area contributed by atoms with Crippen LogP contribution in [0.5, 0.6) is 0 Å². The maximum atomic E-state index is 13.9. The van der Waals surface area contributed by atoms with Crippen molar-refractivity contribution in [3.05, 3.63) is 71.7 Å². The highest BCUT2D eigenvalue weighted by Crippen LogP contribution is 2.23. The zero-order valence-corrected chi connectivity index (χ0v) is 13.8. The Bertz CT molecular complexity index is 883. The summed E-state index contributed by atoms with van der Waals surface area (Å²) < 4.78 is 27.4. The van der Waals surface area contributed by atoms with Crippen LogP contribution in [0.4, 0.5) is 8.78 Å². The molecule has 1 unspecified atom stereocenters. The van der Waals surface area contributed by atoms with Crippen LogP contribution in [0.15, 0.2) is 48.8 Å². The molecule has 4 rings (SSSR count). The largest absolute Gasteiger partial charge is 0.297 e. The minimum atomic E-state index is -0.865. The van der Waals surface area contributed by atoms with Crippen LogP contribution in [0.3, 0.4) is 0 Å². The Labute approximate surface area is 145 Å². The first-order chi connectivity index (χ1) is 12.2. The average Bonchev–Trinajstić information content (AvgIpc) is 3.06. The topological polar surface area (TPSA) is 29.0 Å². The lowest BCUT2D eigenvalue weighted by molar-refractivity contribution is 0.313. The first kappa shape index (κ1) is 16.1. The van der Waals surface area contributed by atoms with Gasteiger partial charge in [-0.05, 0) is 61.2 Å². The zero-order valence-electron chi connectivity index (χ0n) is 13.8. The van der Waals surface area contributed by atoms with Gasteiger partial charge in [-0.2, -0.15) is 0 Å². The third kappa shape index (κ3) is 3.51. The monoisotopic (exact) mass is 339 g/mol. The first-order valence-electron chi connectivity index (χ1n) is 8.54. The lowest BCUT2D eigenvalue weighted by Crippen LogP contribution is -2.21. The number of hydrogen-bond acceptors (Lipinski definition) is 3. The van der Waals surface area contributed by atoms with Crippen molar-refractivity contribution in [3.63, 3.8) is 0 Å². The molecule has 128 valence electrons. The third-order valence-corrected chi connectivity index (χ3v) is 4.84. The maximum Gasteiger partial charge on any atom is 0.184 e. The Kier molecular flexibility index (Phi) is 4.40. The zero-order chi connectivity index (χ0) is 17.2. The fourth-order valence-corrected chi connectivity index (χ4v) is 3.56. The molecule has 0 aliphatic carbocycles. The number of rotatable bonds is 4. The Morgan fingerprint density at radius 3 is 2.68 bits per heavy atom. The molecule has 1 aliphatic heterocycles. The van der Waals surface area contributed by atoms with Gasteiger partial charge in [-0.25, -0.2) is 13.8 Å². The minimum absolute atomic E-state index is 0.116. The van der Waals surface area contributed by atoms with Gasteiger partial charge >= 0.3 is 0 Å². The van der Waals surface area contributed by atoms with Gasteiger partial charge in [-0.15, -0.1) is 0 Å². The van der Waals surface area contributed by atoms with E-state index in [-0.39, 0.29) is 5.52 Å². The first-order valence-corrected chi connectivity index (χ1v) is 8.54. The van der Waals surface area contributed by atoms with E-state index in [1.807, 2.05) is 24.5 Å². The van der Waals surface area contributed by atoms with Gasteiger partial charge in [0, 0.05) is 30.9 Å². The van der Waals surface area contributed by atoms with Crippen molar-refractivity contribution in [2.75, 3.05) is 13.1 Å². The van der Waals surface area contributed by atoms with Crippen LogP contribution in [-0.4, -0.2) is 28.0 Å². The van der Waals surface area contributed by atoms with Crippen molar-refractivity contribution in [2.24, 2.45) is 5.92 Å². The van der Waals surface area contributed by atoms with E-state index in [0.717, 1.165) is 37.7 Å². The summed E-state index contributed by atoms with van der Waals surface area (Å²) in [6.07, 6.45) is 5.84. The van der Waals surface area contributed by atoms with Crippen LogP contribution < -0.4 is 0 Å². The van der Waals surface area contributed by atoms with E-state index in [2.05, 4.69) is 27.0 Å². The number of likely N-dealkylation sites (tertiary alicyclic amines) is 1. The molecule has 1 fully saturated rings. The second kappa shape index (κ2) is 6.84. The molecule has 0 spiro atoms. The van der Waals surface area contributed by atoms with Crippen LogP contribution >= 0.6 is 0 Å². The number of nitrogens with zero attached hydrogens (tertiary/aromatic N) is 3. The molecule has 25 heavy (non-hydrogen) atoms. The lowest BCUT2D eigenvalue weighted by Gasteiger charge is -2.16. The molecule has 0 N–H and O–H groups in total. The summed E-state index contributed by atoms with van der Waals surface area (Å²) in [5.41, 5.74) is 2.20. The van der Waals surface area contributed by atoms with Gasteiger partial charge in [0.15, 0.2) is 11.6 Å². The molecule has 2 aromatic heterocycles. The van der Waals surface area contributed by atoms with Crippen molar-refractivity contribution in [1.29, 1.82) is 0 Å². The summed E-state index contributed by atoms with van der Waals surface area (Å²) in [5.74, 6) is -1.11. The van der Waals surface area contributed by atoms with E-state index in [1.54, 1.807) is 6.07 Å². The predicted molar refractivity (Wildman–Crippen MR) is 93.0 cm³/mol. The molecular formula is C20H19F2N3. The highest BCUT2D eigenvalue weighted by atomic mass is 19.2. The molecule has 0 saturated carbocycles. The predicted octanol–water partition coefficient (Wildman–Crippen LogP) is 3.97. The van der Waals surface area contributed by atoms with Crippen molar-refractivity contribution in [1.82, 2.24) is 14.9 Å². The highest BCUT2D eigenvalue weighted by Gasteiger charge is 2.23. The van der Waals surface area contributed by atoms with Gasteiger partial charge < -0.3 is 0 Å². The van der Waals surface area contributed by atoms with Gasteiger partial charge in [-0.1, -0.05) is 6.07 Å². The lowest BCUT2D eigenvalue weighted by atomic mass is 10.00. The normalized spacial score (nSPS) is 18.1. The standard InChI is InChI=1S/C20H19F2N3/c21-18-4-2-16-1-3-17(24-20(16)19(18)22)13-25-10-7-15(12-25)11-14-5-8-23-9-6-14/h1-6,8-9,15H,7,10-13H2. The van der Waals surface area contributed by atoms with E-state index < -0.39 is 11.6 Å². The molecule has 3 nitrogen and oxygen atoms in total. The molecule has 1 aliphatic rings. The number of hydrogen-bond donors (Lipinski definition) is 0. The number of benzene rings is 1. The van der Waals surface area contributed by atoms with Crippen LogP contribution in [0, 0.1) is 17.6 Å². The molecule has 0 amide bonds. The molecular weight excluding hydrogens is 320 g/mol. The Balaban J connectivity index is 1.44. The Hall–Kier alpha value is -2.40. The summed E-state index contributed by atoms with van der Waals surface area (Å²) in [7, 11) is 0. The van der Waals surface area contributed by atoms with E-state index in [0.29, 0.717) is 17.8 Å². The summed E-state index contributed by atoms with van der Waals surface area (Å²) >= 11 is 0. The molecule has 0 radical (unpaired) electrons. The van der Waals surface area contributed by atoms with Gasteiger partial charge in [0.05, 0.1) is 5.69 Å². The molecule has 1 saturated heterocycles. The fraction of sp³-hybridized carbons (Fsp3) is 0.300. The van der Waals surface area contributed by atoms with Gasteiger partial charge in [0.25, 0.3) is 0 Å². The van der Waals surface area contributed by atoms with E-state index in [4.69, 9.17) is 0 Å². The molecule has 5 heteroatoms. The highest BCUT2D eigenvalue weighted by molar-refractivity contribution is 5.79. The van der Waals surface area contributed by atoms with Crippen molar-refractivity contribution in [2.45, 2.75) is 19.4 Å². The van der Waals surface area contributed by atoms with Gasteiger partial charge in [0.1, 0.15) is 5.52 Å². The smallest absolute Gasteiger partial charge is 0.184 e. The second-order valence-corrected chi connectivity index (χ2v) is 6.69. The molecule has 3 heterocycles. The van der Waals surface area contributed by atoms with Crippen molar-refractivity contribution < 1.29 is 8.78 Å². The number of pyridine rings is 2. The van der Waals surface area contributed by atoms with E-state index in [1.165, 1.54) is 5.56 Å². The fourth-order valence-electron chi connectivity index (χ4n) is 3.56. The molecule has 3 aromatic rings.